The molecule has 0 aliphatic carbocycles. The van der Waals surface area contributed by atoms with E-state index in [1.165, 1.54) is 0 Å². The van der Waals surface area contributed by atoms with Gasteiger partial charge in [-0.15, -0.1) is 0 Å². The Kier molecular flexibility index (Phi) is 8.84. The van der Waals surface area contributed by atoms with Crippen LogP contribution in [0.3, 0.4) is 0 Å². The molecule has 0 aliphatic heterocycles. The van der Waals surface area contributed by atoms with E-state index in [4.69, 9.17) is 30.5 Å². The summed E-state index contributed by atoms with van der Waals surface area (Å²) in [6.07, 6.45) is 0. The van der Waals surface area contributed by atoms with Crippen molar-refractivity contribution in [3.05, 3.63) is 0 Å². The van der Waals surface area contributed by atoms with E-state index in [-0.39, 0.29) is 5.48 Å². The lowest BCUT2D eigenvalue weighted by Crippen LogP contribution is -1.89. The van der Waals surface area contributed by atoms with Gasteiger partial charge in [0.15, 0.2) is 0 Å². The van der Waals surface area contributed by atoms with Gasteiger partial charge >= 0.3 is 19.7 Å². The third-order valence-electron chi connectivity index (χ3n) is 0. The molecule has 0 atom stereocenters. The molecule has 0 heterocycles. The van der Waals surface area contributed by atoms with Gasteiger partial charge in [0.25, 0.3) is 0 Å². The molecule has 0 spiro atoms. The summed E-state index contributed by atoms with van der Waals surface area (Å²) in [6, 6.07) is 0. The highest BCUT2D eigenvalue weighted by Gasteiger charge is 1.86. The van der Waals surface area contributed by atoms with Crippen LogP contribution in [0, 0.1) is 0 Å². The summed E-state index contributed by atoms with van der Waals surface area (Å²) >= 11 is 0. The van der Waals surface area contributed by atoms with Crippen molar-refractivity contribution in [2.24, 2.45) is 0 Å². The van der Waals surface area contributed by atoms with Crippen LogP contribution >= 0.6 is 10.7 Å². The minimum absolute atomic E-state index is 0. The van der Waals surface area contributed by atoms with Crippen molar-refractivity contribution in [2.75, 3.05) is 0 Å². The molecule has 0 aromatic carbocycles. The van der Waals surface area contributed by atoms with Crippen LogP contribution < -0.4 is 0 Å². The number of halogens is 1. The van der Waals surface area contributed by atoms with E-state index in [1.807, 2.05) is 0 Å². The van der Waals surface area contributed by atoms with E-state index in [1.54, 1.807) is 0 Å². The van der Waals surface area contributed by atoms with Crippen LogP contribution in [0.5, 0.6) is 0 Å². The molecule has 5 N–H and O–H groups in total. The van der Waals surface area contributed by atoms with Gasteiger partial charge in [-0.1, -0.05) is 0 Å². The van der Waals surface area contributed by atoms with Gasteiger partial charge in [0.1, 0.15) is 0 Å². The maximum atomic E-state index is 8.95. The molecular weight excluding hydrogens is 228 g/mol. The van der Waals surface area contributed by atoms with E-state index in [9.17, 15) is 0 Å². The van der Waals surface area contributed by atoms with E-state index in [0.717, 1.165) is 0 Å². The molecule has 0 fully saturated rings. The number of hydrogen-bond acceptors (Lipinski definition) is 4. The Hall–Kier alpha value is 0.0300. The monoisotopic (exact) mass is 232 g/mol. The largest absolute Gasteiger partial charge is 0.412 e. The Morgan fingerprint density at radius 3 is 0.909 bits per heavy atom. The standard InChI is InChI=1S/ClHO3S.H2O4S.H2O/c2*1-5(2,3)4;/h(H,2,3,4);(H2,1,2,3,4);1H2. The van der Waals surface area contributed by atoms with Gasteiger partial charge in [0.05, 0.1) is 0 Å². The van der Waals surface area contributed by atoms with Gasteiger partial charge in [-0.2, -0.15) is 16.8 Å². The second kappa shape index (κ2) is 5.65. The van der Waals surface area contributed by atoms with Gasteiger partial charge in [-0.25, -0.2) is 0 Å². The van der Waals surface area contributed by atoms with Gasteiger partial charge in [-0.05, 0) is 0 Å². The molecule has 0 saturated heterocycles. The van der Waals surface area contributed by atoms with Crippen molar-refractivity contribution in [3.63, 3.8) is 0 Å². The first-order valence-corrected chi connectivity index (χ1v) is 5.03. The minimum Gasteiger partial charge on any atom is -0.412 e. The van der Waals surface area contributed by atoms with Gasteiger partial charge < -0.3 is 5.48 Å². The highest BCUT2D eigenvalue weighted by Crippen LogP contribution is 1.82. The average Bonchev–Trinajstić information content (AvgIpc) is 1.12. The van der Waals surface area contributed by atoms with Crippen LogP contribution in [0.4, 0.5) is 0 Å². The lowest BCUT2D eigenvalue weighted by Gasteiger charge is -1.68. The Labute approximate surface area is 66.9 Å². The number of hydrogen-bond donors (Lipinski definition) is 3. The Bertz CT molecular complexity index is 208. The molecule has 0 aromatic heterocycles. The fraction of sp³-hybridized carbons (Fsp3) is 0. The van der Waals surface area contributed by atoms with Crippen molar-refractivity contribution in [1.82, 2.24) is 0 Å². The summed E-state index contributed by atoms with van der Waals surface area (Å²) in [5, 5.41) is 0. The molecule has 0 aliphatic rings. The predicted molar refractivity (Wildman–Crippen MR) is 35.2 cm³/mol. The van der Waals surface area contributed by atoms with Crippen LogP contribution in [0.25, 0.3) is 0 Å². The molecule has 0 amide bonds. The summed E-state index contributed by atoms with van der Waals surface area (Å²) < 4.78 is 56.7. The summed E-state index contributed by atoms with van der Waals surface area (Å²) in [4.78, 5) is 0. The van der Waals surface area contributed by atoms with E-state index >= 15 is 0 Å². The lowest BCUT2D eigenvalue weighted by atomic mass is 15.8. The van der Waals surface area contributed by atoms with E-state index in [2.05, 4.69) is 10.7 Å². The Morgan fingerprint density at radius 1 is 0.909 bits per heavy atom. The molecule has 72 valence electrons. The first kappa shape index (κ1) is 17.2. The third kappa shape index (κ3) is 719000. The zero-order valence-corrected chi connectivity index (χ0v) is 7.06. The summed E-state index contributed by atoms with van der Waals surface area (Å²) in [7, 11) is -4.80. The molecule has 0 rings (SSSR count). The summed E-state index contributed by atoms with van der Waals surface area (Å²) in [5.74, 6) is 0. The fourth-order valence-electron chi connectivity index (χ4n) is 0. The number of rotatable bonds is 0. The van der Waals surface area contributed by atoms with Crippen LogP contribution in [0.15, 0.2) is 0 Å². The maximum absolute atomic E-state index is 8.95. The molecule has 11 heavy (non-hydrogen) atoms. The molecule has 0 saturated carbocycles. The highest BCUT2D eigenvalue weighted by molar-refractivity contribution is 8.09. The third-order valence-corrected chi connectivity index (χ3v) is 0. The van der Waals surface area contributed by atoms with Gasteiger partial charge in [0.2, 0.25) is 0 Å². The molecule has 0 aromatic rings. The second-order valence-corrected chi connectivity index (χ2v) is 3.75. The highest BCUT2D eigenvalue weighted by atomic mass is 35.7. The van der Waals surface area contributed by atoms with E-state index in [0.29, 0.717) is 0 Å². The van der Waals surface area contributed by atoms with Crippen LogP contribution in [-0.2, 0) is 19.7 Å². The normalized spacial score (nSPS) is 10.5. The smallest absolute Gasteiger partial charge is 0.394 e. The SMILES string of the molecule is O.O=S(=O)(O)Cl.O=S(=O)(O)O. The molecule has 0 bridgehead atoms. The Balaban J connectivity index is -0.000000107. The lowest BCUT2D eigenvalue weighted by molar-refractivity contribution is 0.381. The van der Waals surface area contributed by atoms with Gasteiger partial charge in [-0.3, -0.25) is 13.7 Å². The predicted octanol–water partition coefficient (Wildman–Crippen LogP) is -1.45. The topological polar surface area (TPSA) is 160 Å². The zero-order chi connectivity index (χ0) is 9.00. The Morgan fingerprint density at radius 2 is 0.909 bits per heavy atom. The molecule has 0 radical (unpaired) electrons. The zero-order valence-electron chi connectivity index (χ0n) is 4.67. The quantitative estimate of drug-likeness (QED) is 0.340. The van der Waals surface area contributed by atoms with Crippen LogP contribution in [0.1, 0.15) is 0 Å². The maximum Gasteiger partial charge on any atom is 0.394 e. The first-order chi connectivity index (χ1) is 4.00. The molecular formula is H5ClO8S2. The first-order valence-electron chi connectivity index (χ1n) is 1.37. The van der Waals surface area contributed by atoms with Crippen LogP contribution in [0.2, 0.25) is 0 Å². The average molecular weight is 233 g/mol. The molecule has 0 unspecified atom stereocenters. The summed E-state index contributed by atoms with van der Waals surface area (Å²) in [6.45, 7) is 0. The van der Waals surface area contributed by atoms with E-state index < -0.39 is 19.7 Å². The second-order valence-electron chi connectivity index (χ2n) is 0.860. The fourth-order valence-corrected chi connectivity index (χ4v) is 0. The summed E-state index contributed by atoms with van der Waals surface area (Å²) in [5.41, 5.74) is 0. The molecule has 8 nitrogen and oxygen atoms in total. The van der Waals surface area contributed by atoms with Crippen LogP contribution in [-0.4, -0.2) is 36.0 Å². The minimum atomic E-state index is -4.67. The van der Waals surface area contributed by atoms with Crippen molar-refractivity contribution in [2.45, 2.75) is 0 Å². The van der Waals surface area contributed by atoms with Crippen molar-refractivity contribution < 1.29 is 36.0 Å². The van der Waals surface area contributed by atoms with Crippen molar-refractivity contribution >= 4 is 30.4 Å². The van der Waals surface area contributed by atoms with Gasteiger partial charge in [0, 0.05) is 10.7 Å². The van der Waals surface area contributed by atoms with Crippen molar-refractivity contribution in [3.8, 4) is 0 Å². The van der Waals surface area contributed by atoms with Crippen molar-refractivity contribution in [1.29, 1.82) is 0 Å². The molecule has 11 heteroatoms.